The number of piperazine rings is 1. The quantitative estimate of drug-likeness (QED) is 0.269. The van der Waals surface area contributed by atoms with Gasteiger partial charge in [-0.2, -0.15) is 0 Å². The lowest BCUT2D eigenvalue weighted by Crippen LogP contribution is -2.46. The minimum Gasteiger partial charge on any atom is -0.354 e. The zero-order chi connectivity index (χ0) is 23.2. The molecule has 8 heteroatoms. The molecule has 3 aromatic rings. The van der Waals surface area contributed by atoms with Crippen molar-refractivity contribution in [3.8, 4) is 0 Å². The number of anilines is 1. The topological polar surface area (TPSA) is 98.2 Å². The van der Waals surface area contributed by atoms with Gasteiger partial charge in [0, 0.05) is 60.0 Å². The smallest absolute Gasteiger partial charge is 0.257 e. The lowest BCUT2D eigenvalue weighted by molar-refractivity contribution is 0.0992. The van der Waals surface area contributed by atoms with Crippen LogP contribution in [0.3, 0.4) is 0 Å². The molecule has 4 rings (SSSR count). The highest BCUT2D eigenvalue weighted by molar-refractivity contribution is 9.10. The second-order valence-corrected chi connectivity index (χ2v) is 8.65. The molecule has 0 saturated carbocycles. The fourth-order valence-electron chi connectivity index (χ4n) is 3.69. The third kappa shape index (κ3) is 5.71. The van der Waals surface area contributed by atoms with Crippen LogP contribution in [0.5, 0.6) is 0 Å². The van der Waals surface area contributed by atoms with Gasteiger partial charge in [0.05, 0.1) is 0 Å². The Hall–Kier alpha value is -3.36. The predicted octanol–water partition coefficient (Wildman–Crippen LogP) is 3.75. The molecule has 168 valence electrons. The lowest BCUT2D eigenvalue weighted by atomic mass is 9.97. The molecule has 7 nitrogen and oxygen atoms in total. The Morgan fingerprint density at radius 3 is 2.39 bits per heavy atom. The van der Waals surface area contributed by atoms with Crippen molar-refractivity contribution < 1.29 is 9.59 Å². The third-order valence-electron chi connectivity index (χ3n) is 5.50. The molecule has 2 heterocycles. The molecule has 0 spiro atoms. The van der Waals surface area contributed by atoms with Crippen molar-refractivity contribution in [2.75, 3.05) is 31.5 Å². The zero-order valence-corrected chi connectivity index (χ0v) is 19.6. The average Bonchev–Trinajstić information content (AvgIpc) is 2.86. The Morgan fingerprint density at radius 2 is 1.70 bits per heavy atom. The van der Waals surface area contributed by atoms with Crippen molar-refractivity contribution in [2.24, 2.45) is 0 Å². The molecule has 3 N–H and O–H groups in total. The van der Waals surface area contributed by atoms with Gasteiger partial charge in [0.1, 0.15) is 11.7 Å². The number of amides is 1. The summed E-state index contributed by atoms with van der Waals surface area (Å²) in [7, 11) is 0. The monoisotopic (exact) mass is 505 g/mol. The first-order valence-electron chi connectivity index (χ1n) is 10.7. The van der Waals surface area contributed by atoms with Gasteiger partial charge in [0.15, 0.2) is 5.78 Å². The number of hydrogen-bond acceptors (Lipinski definition) is 5. The van der Waals surface area contributed by atoms with Crippen LogP contribution in [0.15, 0.2) is 71.3 Å². The van der Waals surface area contributed by atoms with Gasteiger partial charge >= 0.3 is 0 Å². The van der Waals surface area contributed by atoms with Crippen molar-refractivity contribution in [3.05, 3.63) is 93.6 Å². The predicted molar refractivity (Wildman–Crippen MR) is 132 cm³/mol. The number of amidine groups is 1. The molecule has 0 atom stereocenters. The zero-order valence-electron chi connectivity index (χ0n) is 18.0. The number of nitrogens with zero attached hydrogens (tertiary/aromatic N) is 2. The van der Waals surface area contributed by atoms with Crippen molar-refractivity contribution >= 4 is 39.3 Å². The third-order valence-corrected chi connectivity index (χ3v) is 5.96. The summed E-state index contributed by atoms with van der Waals surface area (Å²) in [6.45, 7) is 3.33. The fourth-order valence-corrected chi connectivity index (χ4v) is 3.92. The Balaban J connectivity index is 1.44. The van der Waals surface area contributed by atoms with E-state index in [1.807, 2.05) is 23.1 Å². The van der Waals surface area contributed by atoms with Crippen LogP contribution in [-0.2, 0) is 6.42 Å². The number of halogens is 1. The molecule has 1 amide bonds. The highest BCUT2D eigenvalue weighted by Crippen LogP contribution is 2.17. The number of carbonyl (C=O) groups is 2. The summed E-state index contributed by atoms with van der Waals surface area (Å²) < 4.78 is 0.820. The van der Waals surface area contributed by atoms with Crippen LogP contribution in [0.25, 0.3) is 0 Å². The van der Waals surface area contributed by atoms with Crippen LogP contribution in [0.1, 0.15) is 31.8 Å². The molecule has 1 saturated heterocycles. The van der Waals surface area contributed by atoms with Gasteiger partial charge in [-0.1, -0.05) is 42.5 Å². The van der Waals surface area contributed by atoms with Gasteiger partial charge in [-0.3, -0.25) is 15.0 Å². The Bertz CT molecular complexity index is 1160. The number of hydrogen-bond donors (Lipinski definition) is 3. The van der Waals surface area contributed by atoms with E-state index in [0.29, 0.717) is 28.3 Å². The summed E-state index contributed by atoms with van der Waals surface area (Å²) in [6, 6.07) is 17.7. The number of rotatable bonds is 6. The van der Waals surface area contributed by atoms with Crippen molar-refractivity contribution in [3.63, 3.8) is 0 Å². The molecule has 0 bridgehead atoms. The first-order valence-corrected chi connectivity index (χ1v) is 11.5. The number of nitrogens with one attached hydrogen (secondary N) is 3. The molecule has 1 fully saturated rings. The summed E-state index contributed by atoms with van der Waals surface area (Å²) in [4.78, 5) is 31.9. The van der Waals surface area contributed by atoms with Crippen LogP contribution in [-0.4, -0.2) is 53.6 Å². The Morgan fingerprint density at radius 1 is 1.00 bits per heavy atom. The SMILES string of the molecule is N=C(c1ccc(C(=O)Cc2ccccc2C(=O)Nc2ccc(Br)cn2)cc1)N1CCNCC1. The summed E-state index contributed by atoms with van der Waals surface area (Å²) in [5.41, 5.74) is 2.43. The molecular formula is C25H24BrN5O2. The summed E-state index contributed by atoms with van der Waals surface area (Å²) in [5, 5.41) is 14.5. The number of benzene rings is 2. The van der Waals surface area contributed by atoms with E-state index in [4.69, 9.17) is 5.41 Å². The van der Waals surface area contributed by atoms with Crippen molar-refractivity contribution in [2.45, 2.75) is 6.42 Å². The summed E-state index contributed by atoms with van der Waals surface area (Å²) >= 11 is 3.32. The molecule has 1 aromatic heterocycles. The first-order chi connectivity index (χ1) is 16.0. The van der Waals surface area contributed by atoms with Gasteiger partial charge in [-0.05, 0) is 39.7 Å². The van der Waals surface area contributed by atoms with Gasteiger partial charge < -0.3 is 15.5 Å². The van der Waals surface area contributed by atoms with E-state index >= 15 is 0 Å². The van der Waals surface area contributed by atoms with E-state index in [1.165, 1.54) is 0 Å². The fraction of sp³-hybridized carbons (Fsp3) is 0.200. The van der Waals surface area contributed by atoms with E-state index in [0.717, 1.165) is 36.2 Å². The summed E-state index contributed by atoms with van der Waals surface area (Å²) in [6.07, 6.45) is 1.71. The normalized spacial score (nSPS) is 13.4. The largest absolute Gasteiger partial charge is 0.354 e. The molecule has 0 unspecified atom stereocenters. The maximum atomic E-state index is 12.9. The summed E-state index contributed by atoms with van der Waals surface area (Å²) in [5.74, 6) is 0.510. The van der Waals surface area contributed by atoms with Gasteiger partial charge in [0.2, 0.25) is 0 Å². The number of aromatic nitrogens is 1. The van der Waals surface area contributed by atoms with E-state index in [2.05, 4.69) is 31.5 Å². The molecule has 0 aliphatic carbocycles. The van der Waals surface area contributed by atoms with E-state index < -0.39 is 0 Å². The first kappa shape index (κ1) is 22.8. The number of Topliss-reactive ketones (excluding diaryl/α,β-unsaturated/α-hetero) is 1. The molecule has 0 radical (unpaired) electrons. The standard InChI is InChI=1S/C25H24BrN5O2/c26-20-9-10-23(29-16-20)30-25(33)21-4-2-1-3-19(21)15-22(32)17-5-7-18(8-6-17)24(27)31-13-11-28-12-14-31/h1-10,16,27-28H,11-15H2,(H,29,30,33). The Labute approximate surface area is 200 Å². The highest BCUT2D eigenvalue weighted by Gasteiger charge is 2.17. The van der Waals surface area contributed by atoms with Gasteiger partial charge in [-0.25, -0.2) is 4.98 Å². The van der Waals surface area contributed by atoms with E-state index in [-0.39, 0.29) is 18.1 Å². The average molecular weight is 506 g/mol. The minimum atomic E-state index is -0.312. The van der Waals surface area contributed by atoms with E-state index in [1.54, 1.807) is 48.7 Å². The molecule has 1 aliphatic rings. The lowest BCUT2D eigenvalue weighted by Gasteiger charge is -2.29. The highest BCUT2D eigenvalue weighted by atomic mass is 79.9. The molecule has 33 heavy (non-hydrogen) atoms. The van der Waals surface area contributed by atoms with Crippen LogP contribution in [0, 0.1) is 5.41 Å². The number of ketones is 1. The number of carbonyl (C=O) groups excluding carboxylic acids is 2. The Kier molecular flexibility index (Phi) is 7.26. The van der Waals surface area contributed by atoms with Crippen LogP contribution in [0.2, 0.25) is 0 Å². The molecular weight excluding hydrogens is 482 g/mol. The maximum Gasteiger partial charge on any atom is 0.257 e. The number of pyridine rings is 1. The van der Waals surface area contributed by atoms with Crippen molar-refractivity contribution in [1.82, 2.24) is 15.2 Å². The van der Waals surface area contributed by atoms with Crippen LogP contribution >= 0.6 is 15.9 Å². The maximum absolute atomic E-state index is 12.9. The van der Waals surface area contributed by atoms with Gasteiger partial charge in [-0.15, -0.1) is 0 Å². The molecule has 2 aromatic carbocycles. The van der Waals surface area contributed by atoms with Crippen LogP contribution < -0.4 is 10.6 Å². The van der Waals surface area contributed by atoms with Crippen molar-refractivity contribution in [1.29, 1.82) is 5.41 Å². The van der Waals surface area contributed by atoms with Gasteiger partial charge in [0.25, 0.3) is 5.91 Å². The van der Waals surface area contributed by atoms with Crippen LogP contribution in [0.4, 0.5) is 5.82 Å². The minimum absolute atomic E-state index is 0.0859. The van der Waals surface area contributed by atoms with E-state index in [9.17, 15) is 9.59 Å². The molecule has 1 aliphatic heterocycles. The second kappa shape index (κ2) is 10.5. The second-order valence-electron chi connectivity index (χ2n) is 7.74.